The maximum Gasteiger partial charge on any atom is 0.122 e. The number of aliphatic hydroxyl groups excluding tert-OH is 1. The molecular weight excluding hydrogens is 388 g/mol. The van der Waals surface area contributed by atoms with Crippen LogP contribution in [0.5, 0.6) is 11.5 Å². The first-order chi connectivity index (χ1) is 13.8. The molecule has 0 saturated heterocycles. The molecule has 0 spiro atoms. The molecule has 2 aromatic carbocycles. The normalized spacial score (nSPS) is 13.8. The predicted molar refractivity (Wildman–Crippen MR) is 119 cm³/mol. The second-order valence-corrected chi connectivity index (χ2v) is 8.43. The molecule has 1 N–H and O–H groups in total. The summed E-state index contributed by atoms with van der Waals surface area (Å²) in [6.45, 7) is 9.64. The largest absolute Gasteiger partial charge is 0.493 e. The maximum absolute atomic E-state index is 9.71. The Bertz CT molecular complexity index is 758. The van der Waals surface area contributed by atoms with Gasteiger partial charge in [0.2, 0.25) is 0 Å². The van der Waals surface area contributed by atoms with Crippen LogP contribution in [0.3, 0.4) is 0 Å². The Morgan fingerprint density at radius 2 is 1.62 bits per heavy atom. The third-order valence-corrected chi connectivity index (χ3v) is 5.59. The van der Waals surface area contributed by atoms with Gasteiger partial charge in [-0.25, -0.2) is 0 Å². The molecule has 29 heavy (non-hydrogen) atoms. The van der Waals surface area contributed by atoms with Crippen LogP contribution in [-0.4, -0.2) is 44.0 Å². The Kier molecular flexibility index (Phi) is 8.81. The van der Waals surface area contributed by atoms with Crippen LogP contribution in [0.2, 0.25) is 0 Å². The molecule has 0 saturated carbocycles. The number of aryl methyl sites for hydroxylation is 1. The number of rotatable bonds is 11. The molecule has 2 atom stereocenters. The average molecular weight is 421 g/mol. The average Bonchev–Trinajstić information content (AvgIpc) is 2.71. The van der Waals surface area contributed by atoms with E-state index in [1.165, 1.54) is 11.1 Å². The minimum Gasteiger partial charge on any atom is -0.493 e. The zero-order valence-corrected chi connectivity index (χ0v) is 18.8. The molecule has 0 unspecified atom stereocenters. The van der Waals surface area contributed by atoms with Gasteiger partial charge in [0.25, 0.3) is 0 Å². The van der Waals surface area contributed by atoms with Gasteiger partial charge in [-0.2, -0.15) is 0 Å². The summed E-state index contributed by atoms with van der Waals surface area (Å²) in [6, 6.07) is 14.4. The van der Waals surface area contributed by atoms with Crippen molar-refractivity contribution in [3.8, 4) is 11.5 Å². The second kappa shape index (κ2) is 10.9. The summed E-state index contributed by atoms with van der Waals surface area (Å²) in [5, 5.41) is 9.71. The maximum atomic E-state index is 9.71. The van der Waals surface area contributed by atoms with Crippen molar-refractivity contribution in [3.05, 3.63) is 59.2 Å². The van der Waals surface area contributed by atoms with E-state index in [-0.39, 0.29) is 18.6 Å². The van der Waals surface area contributed by atoms with Gasteiger partial charge in [0, 0.05) is 24.3 Å². The summed E-state index contributed by atoms with van der Waals surface area (Å²) in [5.41, 5.74) is 3.35. The van der Waals surface area contributed by atoms with E-state index < -0.39 is 6.10 Å². The molecule has 0 aromatic heterocycles. The van der Waals surface area contributed by atoms with Gasteiger partial charge in [-0.1, -0.05) is 45.0 Å². The number of hydrogen-bond acceptors (Lipinski definition) is 4. The molecule has 0 aliphatic carbocycles. The van der Waals surface area contributed by atoms with Crippen LogP contribution in [0.15, 0.2) is 42.5 Å². The topological polar surface area (TPSA) is 47.9 Å². The van der Waals surface area contributed by atoms with Crippen LogP contribution in [0, 0.1) is 12.8 Å². The van der Waals surface area contributed by atoms with E-state index in [0.717, 1.165) is 17.1 Å². The molecule has 5 heteroatoms. The first-order valence-electron chi connectivity index (χ1n) is 9.98. The summed E-state index contributed by atoms with van der Waals surface area (Å²) in [5.74, 6) is 2.55. The van der Waals surface area contributed by atoms with E-state index in [4.69, 9.17) is 25.8 Å². The molecule has 0 amide bonds. The van der Waals surface area contributed by atoms with E-state index in [1.807, 2.05) is 18.2 Å². The monoisotopic (exact) mass is 420 g/mol. The minimum atomic E-state index is -0.632. The molecule has 160 valence electrons. The highest BCUT2D eigenvalue weighted by atomic mass is 35.5. The van der Waals surface area contributed by atoms with Crippen LogP contribution in [0.25, 0.3) is 0 Å². The van der Waals surface area contributed by atoms with Gasteiger partial charge in [-0.05, 0) is 41.8 Å². The van der Waals surface area contributed by atoms with Gasteiger partial charge < -0.3 is 19.3 Å². The third kappa shape index (κ3) is 6.63. The molecule has 0 heterocycles. The van der Waals surface area contributed by atoms with Crippen LogP contribution in [0.4, 0.5) is 0 Å². The number of hydrogen-bond donors (Lipinski definition) is 1. The van der Waals surface area contributed by atoms with Crippen molar-refractivity contribution in [2.24, 2.45) is 5.92 Å². The summed E-state index contributed by atoms with van der Waals surface area (Å²) >= 11 is 5.86. The Morgan fingerprint density at radius 1 is 0.966 bits per heavy atom. The molecule has 4 nitrogen and oxygen atoms in total. The number of methoxy groups -OCH3 is 1. The molecule has 0 fully saturated rings. The quantitative estimate of drug-likeness (QED) is 0.522. The number of alkyl halides is 1. The number of halogens is 1. The van der Waals surface area contributed by atoms with Crippen molar-refractivity contribution in [2.45, 2.75) is 39.2 Å². The van der Waals surface area contributed by atoms with Crippen LogP contribution >= 0.6 is 11.6 Å². The SMILES string of the molecule is COC[C@H](O)COc1ccc(C(C)(C)c2ccc(OC[C@@H](C)CCl)c(C)c2)cc1. The lowest BCUT2D eigenvalue weighted by molar-refractivity contribution is 0.0325. The van der Waals surface area contributed by atoms with Crippen LogP contribution < -0.4 is 9.47 Å². The van der Waals surface area contributed by atoms with E-state index in [1.54, 1.807) is 7.11 Å². The summed E-state index contributed by atoms with van der Waals surface area (Å²) in [7, 11) is 1.56. The van der Waals surface area contributed by atoms with Gasteiger partial charge in [0.15, 0.2) is 0 Å². The summed E-state index contributed by atoms with van der Waals surface area (Å²) in [4.78, 5) is 0. The van der Waals surface area contributed by atoms with Gasteiger partial charge in [0.1, 0.15) is 24.2 Å². The molecule has 0 aliphatic rings. The van der Waals surface area contributed by atoms with Crippen molar-refractivity contribution in [1.29, 1.82) is 0 Å². The van der Waals surface area contributed by atoms with Crippen LogP contribution in [-0.2, 0) is 10.2 Å². The molecule has 2 aromatic rings. The van der Waals surface area contributed by atoms with Crippen molar-refractivity contribution >= 4 is 11.6 Å². The lowest BCUT2D eigenvalue weighted by Gasteiger charge is -2.27. The van der Waals surface area contributed by atoms with Crippen molar-refractivity contribution in [1.82, 2.24) is 0 Å². The lowest BCUT2D eigenvalue weighted by atomic mass is 9.77. The molecule has 0 aliphatic heterocycles. The summed E-state index contributed by atoms with van der Waals surface area (Å²) in [6.07, 6.45) is -0.632. The number of aliphatic hydroxyl groups is 1. The number of benzene rings is 2. The highest BCUT2D eigenvalue weighted by Crippen LogP contribution is 2.34. The second-order valence-electron chi connectivity index (χ2n) is 8.12. The predicted octanol–water partition coefficient (Wildman–Crippen LogP) is 4.96. The zero-order valence-electron chi connectivity index (χ0n) is 18.1. The van der Waals surface area contributed by atoms with Gasteiger partial charge >= 0.3 is 0 Å². The van der Waals surface area contributed by atoms with Crippen molar-refractivity contribution in [2.75, 3.05) is 32.8 Å². The van der Waals surface area contributed by atoms with E-state index in [0.29, 0.717) is 18.4 Å². The van der Waals surface area contributed by atoms with Crippen molar-refractivity contribution in [3.63, 3.8) is 0 Å². The summed E-state index contributed by atoms with van der Waals surface area (Å²) < 4.78 is 16.5. The molecular formula is C24H33ClO4. The highest BCUT2D eigenvalue weighted by molar-refractivity contribution is 6.18. The Morgan fingerprint density at radius 3 is 2.21 bits per heavy atom. The fraction of sp³-hybridized carbons (Fsp3) is 0.500. The van der Waals surface area contributed by atoms with E-state index in [2.05, 4.69) is 52.0 Å². The van der Waals surface area contributed by atoms with Crippen LogP contribution in [0.1, 0.15) is 37.5 Å². The Hall–Kier alpha value is -1.75. The zero-order chi connectivity index (χ0) is 21.4. The standard InChI is InChI=1S/C24H33ClO4/c1-17(13-25)14-29-23-11-8-20(12-18(23)2)24(3,4)19-6-9-22(10-7-19)28-16-21(26)15-27-5/h6-12,17,21,26H,13-16H2,1-5H3/t17-,21-/m0/s1. The first kappa shape index (κ1) is 23.5. The van der Waals surface area contributed by atoms with Gasteiger partial charge in [0.05, 0.1) is 13.2 Å². The Labute approximate surface area is 179 Å². The highest BCUT2D eigenvalue weighted by Gasteiger charge is 2.24. The smallest absolute Gasteiger partial charge is 0.122 e. The molecule has 2 rings (SSSR count). The van der Waals surface area contributed by atoms with E-state index >= 15 is 0 Å². The number of ether oxygens (including phenoxy) is 3. The first-order valence-corrected chi connectivity index (χ1v) is 10.5. The fourth-order valence-electron chi connectivity index (χ4n) is 3.04. The minimum absolute atomic E-state index is 0.166. The lowest BCUT2D eigenvalue weighted by Crippen LogP contribution is -2.22. The van der Waals surface area contributed by atoms with Gasteiger partial charge in [-0.3, -0.25) is 0 Å². The fourth-order valence-corrected chi connectivity index (χ4v) is 3.13. The van der Waals surface area contributed by atoms with Crippen molar-refractivity contribution < 1.29 is 19.3 Å². The molecule has 0 bridgehead atoms. The third-order valence-electron chi connectivity index (χ3n) is 5.06. The van der Waals surface area contributed by atoms with E-state index in [9.17, 15) is 5.11 Å². The Balaban J connectivity index is 2.08. The van der Waals surface area contributed by atoms with Gasteiger partial charge in [-0.15, -0.1) is 11.6 Å². The molecule has 0 radical (unpaired) electrons.